The number of esters is 3. The van der Waals surface area contributed by atoms with Crippen molar-refractivity contribution in [2.75, 3.05) is 20.3 Å². The zero-order valence-corrected chi connectivity index (χ0v) is 16.8. The predicted octanol–water partition coefficient (Wildman–Crippen LogP) is -4.21. The van der Waals surface area contributed by atoms with Gasteiger partial charge in [0.25, 0.3) is 0 Å². The quantitative estimate of drug-likeness (QED) is 0.283. The number of methoxy groups -OCH3 is 1. The van der Waals surface area contributed by atoms with Gasteiger partial charge < -0.3 is 29.4 Å². The fraction of sp³-hybridized carbons (Fsp3) is 0.467. The summed E-state index contributed by atoms with van der Waals surface area (Å²) in [6.07, 6.45) is 0. The second-order valence-corrected chi connectivity index (χ2v) is 5.02. The van der Waals surface area contributed by atoms with Gasteiger partial charge in [-0.15, -0.1) is 0 Å². The summed E-state index contributed by atoms with van der Waals surface area (Å²) in [6, 6.07) is 0. The second-order valence-electron chi connectivity index (χ2n) is 5.02. The molecule has 0 aromatic rings. The van der Waals surface area contributed by atoms with Crippen LogP contribution >= 0.6 is 0 Å². The van der Waals surface area contributed by atoms with Crippen LogP contribution in [0, 0.1) is 5.92 Å². The molecule has 1 unspecified atom stereocenters. The van der Waals surface area contributed by atoms with Crippen LogP contribution in [0.4, 0.5) is 0 Å². The number of hydrogen-bond donors (Lipinski definition) is 1. The molecule has 1 rings (SSSR count). The first-order valence-electron chi connectivity index (χ1n) is 6.98. The summed E-state index contributed by atoms with van der Waals surface area (Å²) < 4.78 is 13.8. The predicted molar refractivity (Wildman–Crippen MR) is 76.6 cm³/mol. The third kappa shape index (κ3) is 6.18. The van der Waals surface area contributed by atoms with E-state index in [1.807, 2.05) is 0 Å². The van der Waals surface area contributed by atoms with Crippen molar-refractivity contribution in [3.8, 4) is 0 Å². The number of allylic oxidation sites excluding steroid dienone is 2. The van der Waals surface area contributed by atoms with Crippen LogP contribution in [-0.2, 0) is 33.4 Å². The summed E-state index contributed by atoms with van der Waals surface area (Å²) >= 11 is 0. The van der Waals surface area contributed by atoms with Crippen LogP contribution in [0.25, 0.3) is 0 Å². The van der Waals surface area contributed by atoms with Gasteiger partial charge in [-0.05, 0) is 13.8 Å². The molecule has 0 saturated heterocycles. The molecule has 0 aromatic heterocycles. The number of carbonyl (C=O) groups is 4. The first-order valence-corrected chi connectivity index (χ1v) is 6.98. The molecule has 0 aromatic carbocycles. The monoisotopic (exact) mass is 363 g/mol. The molecule has 132 valence electrons. The maximum Gasteiger partial charge on any atom is 1.00 e. The molecule has 0 amide bonds. The molecule has 1 heterocycles. The van der Waals surface area contributed by atoms with E-state index < -0.39 is 43.0 Å². The van der Waals surface area contributed by atoms with Gasteiger partial charge in [0.2, 0.25) is 0 Å². The number of carboxylic acid groups (broad SMARTS) is 1. The molecular formula is C15H18NNaO8. The summed E-state index contributed by atoms with van der Waals surface area (Å²) in [5.74, 6) is -4.66. The molecule has 1 atom stereocenters. The molecule has 1 aliphatic rings. The molecule has 10 heteroatoms. The van der Waals surface area contributed by atoms with Gasteiger partial charge in [-0.2, -0.15) is 0 Å². The first kappa shape index (κ1) is 23.2. The minimum absolute atomic E-state index is 0. The van der Waals surface area contributed by atoms with Crippen molar-refractivity contribution >= 4 is 23.9 Å². The minimum atomic E-state index is -1.54. The maximum atomic E-state index is 12.2. The molecule has 0 aliphatic carbocycles. The Kier molecular flexibility index (Phi) is 9.47. The van der Waals surface area contributed by atoms with Gasteiger partial charge in [0, 0.05) is 17.3 Å². The van der Waals surface area contributed by atoms with Gasteiger partial charge in [0.1, 0.15) is 6.61 Å². The van der Waals surface area contributed by atoms with Crippen LogP contribution < -0.4 is 40.0 Å². The number of rotatable bonds is 6. The zero-order valence-electron chi connectivity index (χ0n) is 14.8. The van der Waals surface area contributed by atoms with Gasteiger partial charge in [-0.1, -0.05) is 6.92 Å². The van der Waals surface area contributed by atoms with Crippen LogP contribution in [0.2, 0.25) is 0 Å². The fourth-order valence-corrected chi connectivity index (χ4v) is 2.33. The van der Waals surface area contributed by atoms with Gasteiger partial charge in [0.15, 0.2) is 6.61 Å². The molecule has 0 radical (unpaired) electrons. The standard InChI is InChI=1S/C15H19NO8.Na/c1-7-12(14(20)23-5-10(17)18)8(2)16-9(3)13(7)15(21)24-6-11(19)22-4;/h7,16H,5-6H2,1-4H3,(H,17,18);/q;+1/p-1. The number of hydrogen-bond acceptors (Lipinski definition) is 9. The van der Waals surface area contributed by atoms with E-state index in [2.05, 4.69) is 14.8 Å². The Bertz CT molecular complexity index is 637. The van der Waals surface area contributed by atoms with E-state index in [-0.39, 0.29) is 40.7 Å². The number of aliphatic carboxylic acids is 1. The van der Waals surface area contributed by atoms with Crippen molar-refractivity contribution < 1.29 is 68.1 Å². The summed E-state index contributed by atoms with van der Waals surface area (Å²) in [5, 5.41) is 13.2. The third-order valence-corrected chi connectivity index (χ3v) is 3.36. The van der Waals surface area contributed by atoms with E-state index in [1.54, 1.807) is 20.8 Å². The van der Waals surface area contributed by atoms with Crippen molar-refractivity contribution in [2.24, 2.45) is 5.92 Å². The number of carboxylic acids is 1. The van der Waals surface area contributed by atoms with Crippen LogP contribution in [-0.4, -0.2) is 44.2 Å². The average molecular weight is 363 g/mol. The van der Waals surface area contributed by atoms with E-state index in [1.165, 1.54) is 0 Å². The Morgan fingerprint density at radius 2 is 1.44 bits per heavy atom. The van der Waals surface area contributed by atoms with Crippen molar-refractivity contribution in [2.45, 2.75) is 20.8 Å². The van der Waals surface area contributed by atoms with Crippen LogP contribution in [0.3, 0.4) is 0 Å². The minimum Gasteiger partial charge on any atom is -0.546 e. The smallest absolute Gasteiger partial charge is 0.546 e. The van der Waals surface area contributed by atoms with E-state index in [0.717, 1.165) is 7.11 Å². The SMILES string of the molecule is COC(=O)COC(=O)C1=C(C)NC(C)=C(C(=O)OCC(=O)[O-])C1C.[Na+]. The van der Waals surface area contributed by atoms with Gasteiger partial charge in [-0.25, -0.2) is 14.4 Å². The second kappa shape index (κ2) is 10.2. The van der Waals surface area contributed by atoms with E-state index in [4.69, 9.17) is 4.74 Å². The van der Waals surface area contributed by atoms with Crippen LogP contribution in [0.5, 0.6) is 0 Å². The number of ether oxygens (including phenoxy) is 3. The Balaban J connectivity index is 0.00000576. The molecule has 0 saturated carbocycles. The third-order valence-electron chi connectivity index (χ3n) is 3.36. The van der Waals surface area contributed by atoms with E-state index >= 15 is 0 Å². The number of nitrogens with one attached hydrogen (secondary N) is 1. The van der Waals surface area contributed by atoms with Crippen LogP contribution in [0.15, 0.2) is 22.5 Å². The summed E-state index contributed by atoms with van der Waals surface area (Å²) in [6.45, 7) is 3.31. The Morgan fingerprint density at radius 1 is 1.00 bits per heavy atom. The summed E-state index contributed by atoms with van der Waals surface area (Å²) in [7, 11) is 1.16. The van der Waals surface area contributed by atoms with Crippen LogP contribution in [0.1, 0.15) is 20.8 Å². The maximum absolute atomic E-state index is 12.2. The number of carbonyl (C=O) groups excluding carboxylic acids is 4. The molecule has 0 fully saturated rings. The molecule has 9 nitrogen and oxygen atoms in total. The van der Waals surface area contributed by atoms with Crippen molar-refractivity contribution in [1.29, 1.82) is 0 Å². The van der Waals surface area contributed by atoms with E-state index in [9.17, 15) is 24.3 Å². The molecule has 0 bridgehead atoms. The first-order chi connectivity index (χ1) is 11.2. The van der Waals surface area contributed by atoms with Crippen molar-refractivity contribution in [3.05, 3.63) is 22.5 Å². The van der Waals surface area contributed by atoms with Gasteiger partial charge in [-0.3, -0.25) is 0 Å². The summed E-state index contributed by atoms with van der Waals surface area (Å²) in [5.41, 5.74) is 1.09. The van der Waals surface area contributed by atoms with Crippen molar-refractivity contribution in [3.63, 3.8) is 0 Å². The largest absolute Gasteiger partial charge is 1.00 e. The zero-order chi connectivity index (χ0) is 18.4. The summed E-state index contributed by atoms with van der Waals surface area (Å²) in [4.78, 5) is 45.7. The Labute approximate surface area is 166 Å². The Hall–Kier alpha value is -1.84. The topological polar surface area (TPSA) is 131 Å². The fourth-order valence-electron chi connectivity index (χ4n) is 2.33. The van der Waals surface area contributed by atoms with Gasteiger partial charge >= 0.3 is 47.5 Å². The van der Waals surface area contributed by atoms with Gasteiger partial charge in [0.05, 0.1) is 24.2 Å². The molecule has 1 N–H and O–H groups in total. The Morgan fingerprint density at radius 3 is 1.84 bits per heavy atom. The average Bonchev–Trinajstić information content (AvgIpc) is 2.49. The molecular weight excluding hydrogens is 345 g/mol. The normalized spacial score (nSPS) is 16.4. The van der Waals surface area contributed by atoms with E-state index in [0.29, 0.717) is 11.4 Å². The molecule has 0 spiro atoms. The molecule has 1 aliphatic heterocycles. The van der Waals surface area contributed by atoms with Crippen molar-refractivity contribution in [1.82, 2.24) is 5.32 Å². The molecule has 25 heavy (non-hydrogen) atoms. The number of dihydropyridines is 1.